The third-order valence-electron chi connectivity index (χ3n) is 3.09. The van der Waals surface area contributed by atoms with Gasteiger partial charge < -0.3 is 15.5 Å². The summed E-state index contributed by atoms with van der Waals surface area (Å²) in [5.74, 6) is 0. The van der Waals surface area contributed by atoms with Gasteiger partial charge in [0.1, 0.15) is 0 Å². The van der Waals surface area contributed by atoms with Crippen molar-refractivity contribution in [2.24, 2.45) is 0 Å². The van der Waals surface area contributed by atoms with Crippen molar-refractivity contribution in [3.05, 3.63) is 23.8 Å². The monoisotopic (exact) mass is 267 g/mol. The largest absolute Gasteiger partial charge is 0.395 e. The van der Waals surface area contributed by atoms with Crippen molar-refractivity contribution in [3.8, 4) is 0 Å². The molecule has 2 atom stereocenters. The third kappa shape index (κ3) is 5.63. The predicted molar refractivity (Wildman–Crippen MR) is 74.9 cm³/mol. The van der Waals surface area contributed by atoms with E-state index in [-0.39, 0.29) is 12.6 Å². The van der Waals surface area contributed by atoms with Crippen LogP contribution in [0.15, 0.2) is 12.4 Å². The van der Waals surface area contributed by atoms with Crippen LogP contribution in [0.3, 0.4) is 0 Å². The minimum atomic E-state index is -0.652. The minimum Gasteiger partial charge on any atom is -0.395 e. The zero-order valence-electron chi connectivity index (χ0n) is 11.8. The molecule has 5 heteroatoms. The summed E-state index contributed by atoms with van der Waals surface area (Å²) in [6.45, 7) is 4.71. The van der Waals surface area contributed by atoms with Crippen LogP contribution in [0.1, 0.15) is 38.1 Å². The van der Waals surface area contributed by atoms with Crippen LogP contribution in [-0.4, -0.2) is 45.5 Å². The quantitative estimate of drug-likeness (QED) is 0.613. The number of hydrogen-bond acceptors (Lipinski definition) is 5. The molecule has 0 saturated heterocycles. The smallest absolute Gasteiger partial charge is 0.0771 e. The molecule has 0 aromatic carbocycles. The lowest BCUT2D eigenvalue weighted by molar-refractivity contribution is 0.0904. The Morgan fingerprint density at radius 1 is 1.21 bits per heavy atom. The topological polar surface area (TPSA) is 78.3 Å². The lowest BCUT2D eigenvalue weighted by Crippen LogP contribution is -2.43. The van der Waals surface area contributed by atoms with Gasteiger partial charge in [-0.25, -0.2) is 0 Å². The first-order valence-electron chi connectivity index (χ1n) is 7.03. The van der Waals surface area contributed by atoms with Crippen LogP contribution in [0.2, 0.25) is 0 Å². The summed E-state index contributed by atoms with van der Waals surface area (Å²) in [6, 6.07) is -0.313. The van der Waals surface area contributed by atoms with Gasteiger partial charge in [0, 0.05) is 18.8 Å². The Morgan fingerprint density at radius 2 is 1.89 bits per heavy atom. The van der Waals surface area contributed by atoms with E-state index in [4.69, 9.17) is 0 Å². The van der Waals surface area contributed by atoms with Crippen LogP contribution in [0.5, 0.6) is 0 Å². The van der Waals surface area contributed by atoms with Gasteiger partial charge in [0.05, 0.1) is 30.1 Å². The van der Waals surface area contributed by atoms with E-state index in [0.717, 1.165) is 30.7 Å². The van der Waals surface area contributed by atoms with Gasteiger partial charge in [-0.15, -0.1) is 0 Å². The summed E-state index contributed by atoms with van der Waals surface area (Å²) in [6.07, 6.45) is 6.45. The Kier molecular flexibility index (Phi) is 7.55. The molecule has 3 N–H and O–H groups in total. The van der Waals surface area contributed by atoms with Gasteiger partial charge in [-0.3, -0.25) is 9.97 Å². The molecule has 0 aliphatic carbocycles. The number of aliphatic hydroxyl groups is 2. The molecule has 19 heavy (non-hydrogen) atoms. The summed E-state index contributed by atoms with van der Waals surface area (Å²) in [5.41, 5.74) is 1.74. The maximum atomic E-state index is 10.0. The molecule has 0 bridgehead atoms. The molecule has 108 valence electrons. The van der Waals surface area contributed by atoms with Crippen molar-refractivity contribution in [3.63, 3.8) is 0 Å². The van der Waals surface area contributed by atoms with Gasteiger partial charge in [0.2, 0.25) is 0 Å². The summed E-state index contributed by atoms with van der Waals surface area (Å²) >= 11 is 0. The van der Waals surface area contributed by atoms with Gasteiger partial charge >= 0.3 is 0 Å². The van der Waals surface area contributed by atoms with E-state index in [0.29, 0.717) is 13.0 Å². The molecule has 1 aromatic rings. The second kappa shape index (κ2) is 8.96. The highest BCUT2D eigenvalue weighted by atomic mass is 16.3. The van der Waals surface area contributed by atoms with E-state index in [1.807, 2.05) is 6.92 Å². The first-order chi connectivity index (χ1) is 9.21. The number of nitrogens with zero attached hydrogens (tertiary/aromatic N) is 2. The number of unbranched alkanes of at least 4 members (excludes halogenated alkanes) is 1. The molecule has 1 heterocycles. The lowest BCUT2D eigenvalue weighted by atomic mass is 10.1. The fraction of sp³-hybridized carbons (Fsp3) is 0.714. The molecule has 5 nitrogen and oxygen atoms in total. The van der Waals surface area contributed by atoms with Gasteiger partial charge in [-0.2, -0.15) is 0 Å². The lowest BCUT2D eigenvalue weighted by Gasteiger charge is -2.21. The summed E-state index contributed by atoms with van der Waals surface area (Å²) in [7, 11) is 0. The average Bonchev–Trinajstić information content (AvgIpc) is 2.43. The number of rotatable bonds is 9. The van der Waals surface area contributed by atoms with Gasteiger partial charge in [-0.05, 0) is 19.4 Å². The maximum absolute atomic E-state index is 10.0. The van der Waals surface area contributed by atoms with Crippen LogP contribution in [0, 0.1) is 0 Å². The highest BCUT2D eigenvalue weighted by Crippen LogP contribution is 2.05. The second-order valence-electron chi connectivity index (χ2n) is 4.72. The molecule has 0 spiro atoms. The Balaban J connectivity index is 2.51. The van der Waals surface area contributed by atoms with Gasteiger partial charge in [-0.1, -0.05) is 20.3 Å². The SMILES string of the molecule is CCCCc1cnc(C[C@@H](O)[C@H](CO)NCC)cn1. The third-order valence-corrected chi connectivity index (χ3v) is 3.09. The van der Waals surface area contributed by atoms with Crippen molar-refractivity contribution in [1.82, 2.24) is 15.3 Å². The number of hydrogen-bond donors (Lipinski definition) is 3. The van der Waals surface area contributed by atoms with Crippen molar-refractivity contribution in [1.29, 1.82) is 0 Å². The first-order valence-corrected chi connectivity index (χ1v) is 7.03. The van der Waals surface area contributed by atoms with Crippen molar-refractivity contribution < 1.29 is 10.2 Å². The fourth-order valence-corrected chi connectivity index (χ4v) is 1.91. The molecule has 0 radical (unpaired) electrons. The maximum Gasteiger partial charge on any atom is 0.0771 e. The van der Waals surface area contributed by atoms with Crippen LogP contribution >= 0.6 is 0 Å². The molecule has 1 aromatic heterocycles. The Labute approximate surface area is 115 Å². The predicted octanol–water partition coefficient (Wildman–Crippen LogP) is 0.693. The Bertz CT molecular complexity index is 343. The molecular weight excluding hydrogens is 242 g/mol. The second-order valence-corrected chi connectivity index (χ2v) is 4.72. The molecule has 0 saturated carbocycles. The normalized spacial score (nSPS) is 14.3. The molecule has 0 aliphatic rings. The zero-order valence-corrected chi connectivity index (χ0v) is 11.8. The molecule has 1 rings (SSSR count). The number of likely N-dealkylation sites (N-methyl/N-ethyl adjacent to an activating group) is 1. The highest BCUT2D eigenvalue weighted by Gasteiger charge is 2.18. The Morgan fingerprint density at radius 3 is 2.42 bits per heavy atom. The van der Waals surface area contributed by atoms with Gasteiger partial charge in [0.15, 0.2) is 0 Å². The van der Waals surface area contributed by atoms with Crippen LogP contribution in [0.25, 0.3) is 0 Å². The molecule has 0 aliphatic heterocycles. The van der Waals surface area contributed by atoms with E-state index in [1.54, 1.807) is 12.4 Å². The standard InChI is InChI=1S/C14H25N3O2/c1-3-5-6-11-8-17-12(9-16-11)7-14(19)13(10-18)15-4-2/h8-9,13-15,18-19H,3-7,10H2,1-2H3/t13-,14+/m0/s1. The molecule has 0 fully saturated rings. The van der Waals surface area contributed by atoms with E-state index < -0.39 is 6.10 Å². The number of aliphatic hydroxyl groups excluding tert-OH is 2. The molecular formula is C14H25N3O2. The summed E-state index contributed by atoms with van der Waals surface area (Å²) in [5, 5.41) is 22.2. The van der Waals surface area contributed by atoms with Crippen molar-refractivity contribution in [2.75, 3.05) is 13.2 Å². The van der Waals surface area contributed by atoms with Gasteiger partial charge in [0.25, 0.3) is 0 Å². The summed E-state index contributed by atoms with van der Waals surface area (Å²) in [4.78, 5) is 8.66. The van der Waals surface area contributed by atoms with E-state index in [9.17, 15) is 10.2 Å². The van der Waals surface area contributed by atoms with Crippen LogP contribution in [-0.2, 0) is 12.8 Å². The first kappa shape index (κ1) is 16.0. The highest BCUT2D eigenvalue weighted by molar-refractivity contribution is 5.04. The number of aromatic nitrogens is 2. The van der Waals surface area contributed by atoms with Crippen molar-refractivity contribution >= 4 is 0 Å². The van der Waals surface area contributed by atoms with E-state index in [1.165, 1.54) is 0 Å². The van der Waals surface area contributed by atoms with Crippen molar-refractivity contribution in [2.45, 2.75) is 51.7 Å². The molecule has 0 amide bonds. The number of aryl methyl sites for hydroxylation is 1. The Hall–Kier alpha value is -1.04. The van der Waals surface area contributed by atoms with Crippen LogP contribution < -0.4 is 5.32 Å². The minimum absolute atomic E-state index is 0.0863. The number of nitrogens with one attached hydrogen (secondary N) is 1. The zero-order chi connectivity index (χ0) is 14.1. The fourth-order valence-electron chi connectivity index (χ4n) is 1.91. The average molecular weight is 267 g/mol. The van der Waals surface area contributed by atoms with E-state index >= 15 is 0 Å². The van der Waals surface area contributed by atoms with E-state index in [2.05, 4.69) is 22.2 Å². The summed E-state index contributed by atoms with van der Waals surface area (Å²) < 4.78 is 0. The van der Waals surface area contributed by atoms with Crippen LogP contribution in [0.4, 0.5) is 0 Å². The molecule has 0 unspecified atom stereocenters.